The highest BCUT2D eigenvalue weighted by Gasteiger charge is 2.17. The fraction of sp³-hybridized carbons (Fsp3) is 0.125. The third-order valence-corrected chi connectivity index (χ3v) is 4.37. The molecule has 2 rings (SSSR count). The van der Waals surface area contributed by atoms with Gasteiger partial charge in [0.15, 0.2) is 6.10 Å². The summed E-state index contributed by atoms with van der Waals surface area (Å²) in [6, 6.07) is 11.9. The quantitative estimate of drug-likeness (QED) is 0.824. The maximum Gasteiger partial charge on any atom is 0.265 e. The number of ether oxygens (including phenoxy) is 1. The standard InChI is InChI=1S/C16H14ClN3O4S/c1-10(24-15-6-5-11(9-18)7-14(15)17)16(21)20-12-3-2-4-13(8-12)25(19,22)23/h2-8,10H,1H3,(H,20,21)(H2,19,22,23)/t10-/m0/s1. The fourth-order valence-electron chi connectivity index (χ4n) is 1.90. The molecule has 1 atom stereocenters. The zero-order chi connectivity index (χ0) is 18.6. The van der Waals surface area contributed by atoms with E-state index in [0.717, 1.165) is 0 Å². The summed E-state index contributed by atoms with van der Waals surface area (Å²) in [4.78, 5) is 12.1. The van der Waals surface area contributed by atoms with Crippen LogP contribution in [0.5, 0.6) is 5.75 Å². The zero-order valence-corrected chi connectivity index (χ0v) is 14.6. The summed E-state index contributed by atoms with van der Waals surface area (Å²) in [6.07, 6.45) is -0.913. The first-order chi connectivity index (χ1) is 11.7. The van der Waals surface area contributed by atoms with Crippen molar-refractivity contribution < 1.29 is 17.9 Å². The van der Waals surface area contributed by atoms with Gasteiger partial charge in [0.25, 0.3) is 5.91 Å². The molecule has 0 spiro atoms. The largest absolute Gasteiger partial charge is 0.479 e. The van der Waals surface area contributed by atoms with Gasteiger partial charge in [-0.15, -0.1) is 0 Å². The number of anilines is 1. The highest BCUT2D eigenvalue weighted by atomic mass is 35.5. The Labute approximate surface area is 150 Å². The molecule has 1 amide bonds. The van der Waals surface area contributed by atoms with Gasteiger partial charge in [-0.1, -0.05) is 17.7 Å². The molecule has 0 aromatic heterocycles. The van der Waals surface area contributed by atoms with Gasteiger partial charge in [-0.3, -0.25) is 4.79 Å². The van der Waals surface area contributed by atoms with Crippen LogP contribution in [0.15, 0.2) is 47.4 Å². The van der Waals surface area contributed by atoms with E-state index in [-0.39, 0.29) is 21.4 Å². The molecule has 0 aliphatic heterocycles. The van der Waals surface area contributed by atoms with Crippen molar-refractivity contribution in [3.63, 3.8) is 0 Å². The molecular formula is C16H14ClN3O4S. The molecule has 0 radical (unpaired) electrons. The number of hydrogen-bond acceptors (Lipinski definition) is 5. The van der Waals surface area contributed by atoms with E-state index in [2.05, 4.69) is 5.32 Å². The Morgan fingerprint density at radius 3 is 2.64 bits per heavy atom. The minimum absolute atomic E-state index is 0.117. The van der Waals surface area contributed by atoms with Crippen LogP contribution < -0.4 is 15.2 Å². The molecule has 2 aromatic carbocycles. The molecule has 0 saturated carbocycles. The molecule has 0 heterocycles. The normalized spacial score (nSPS) is 12.1. The Bertz CT molecular complexity index is 954. The lowest BCUT2D eigenvalue weighted by molar-refractivity contribution is -0.122. The van der Waals surface area contributed by atoms with E-state index in [1.165, 1.54) is 49.4 Å². The maximum absolute atomic E-state index is 12.2. The molecule has 0 fully saturated rings. The van der Waals surface area contributed by atoms with Crippen molar-refractivity contribution in [2.75, 3.05) is 5.32 Å². The number of hydrogen-bond donors (Lipinski definition) is 2. The number of carbonyl (C=O) groups excluding carboxylic acids is 1. The molecular weight excluding hydrogens is 366 g/mol. The first kappa shape index (κ1) is 18.7. The summed E-state index contributed by atoms with van der Waals surface area (Å²) in [5.41, 5.74) is 0.632. The van der Waals surface area contributed by atoms with E-state index in [1.807, 2.05) is 6.07 Å². The Hall–Kier alpha value is -2.60. The summed E-state index contributed by atoms with van der Waals surface area (Å²) in [7, 11) is -3.87. The van der Waals surface area contributed by atoms with Gasteiger partial charge in [-0.2, -0.15) is 5.26 Å². The lowest BCUT2D eigenvalue weighted by Crippen LogP contribution is -2.30. The van der Waals surface area contributed by atoms with Gasteiger partial charge in [0, 0.05) is 5.69 Å². The van der Waals surface area contributed by atoms with Crippen LogP contribution >= 0.6 is 11.6 Å². The predicted octanol–water partition coefficient (Wildman–Crippen LogP) is 2.27. The van der Waals surface area contributed by atoms with Crippen molar-refractivity contribution in [2.24, 2.45) is 5.14 Å². The van der Waals surface area contributed by atoms with Gasteiger partial charge in [0.1, 0.15) is 5.75 Å². The summed E-state index contributed by atoms with van der Waals surface area (Å²) in [5.74, 6) is -0.256. The minimum atomic E-state index is -3.87. The van der Waals surface area contributed by atoms with Crippen molar-refractivity contribution in [2.45, 2.75) is 17.9 Å². The summed E-state index contributed by atoms with van der Waals surface area (Å²) < 4.78 is 28.2. The van der Waals surface area contributed by atoms with Crippen LogP contribution in [0.25, 0.3) is 0 Å². The van der Waals surface area contributed by atoms with E-state index in [0.29, 0.717) is 5.56 Å². The van der Waals surface area contributed by atoms with Gasteiger partial charge >= 0.3 is 0 Å². The minimum Gasteiger partial charge on any atom is -0.479 e. The van der Waals surface area contributed by atoms with Crippen molar-refractivity contribution in [1.82, 2.24) is 0 Å². The van der Waals surface area contributed by atoms with Crippen LogP contribution in [0, 0.1) is 11.3 Å². The number of sulfonamides is 1. The van der Waals surface area contributed by atoms with Crippen LogP contribution in [0.4, 0.5) is 5.69 Å². The van der Waals surface area contributed by atoms with Gasteiger partial charge in [0.2, 0.25) is 10.0 Å². The predicted molar refractivity (Wildman–Crippen MR) is 92.7 cm³/mol. The van der Waals surface area contributed by atoms with Crippen LogP contribution in [-0.2, 0) is 14.8 Å². The van der Waals surface area contributed by atoms with Crippen LogP contribution in [0.2, 0.25) is 5.02 Å². The van der Waals surface area contributed by atoms with Crippen molar-refractivity contribution >= 4 is 33.2 Å². The molecule has 0 unspecified atom stereocenters. The van der Waals surface area contributed by atoms with Crippen molar-refractivity contribution in [1.29, 1.82) is 5.26 Å². The summed E-state index contributed by atoms with van der Waals surface area (Å²) in [5, 5.41) is 16.6. The van der Waals surface area contributed by atoms with Gasteiger partial charge < -0.3 is 10.1 Å². The maximum atomic E-state index is 12.2. The molecule has 0 saturated heterocycles. The second kappa shape index (κ2) is 7.53. The van der Waals surface area contributed by atoms with E-state index >= 15 is 0 Å². The van der Waals surface area contributed by atoms with Crippen LogP contribution in [-0.4, -0.2) is 20.4 Å². The Kier molecular flexibility index (Phi) is 5.64. The topological polar surface area (TPSA) is 122 Å². The van der Waals surface area contributed by atoms with Gasteiger partial charge in [0.05, 0.1) is 21.6 Å². The number of nitrogens with one attached hydrogen (secondary N) is 1. The van der Waals surface area contributed by atoms with E-state index in [1.54, 1.807) is 0 Å². The molecule has 9 heteroatoms. The molecule has 0 aliphatic carbocycles. The third kappa shape index (κ3) is 4.93. The average Bonchev–Trinajstić information content (AvgIpc) is 2.56. The molecule has 0 aliphatic rings. The third-order valence-electron chi connectivity index (χ3n) is 3.16. The highest BCUT2D eigenvalue weighted by molar-refractivity contribution is 7.89. The van der Waals surface area contributed by atoms with Crippen molar-refractivity contribution in [3.05, 3.63) is 53.1 Å². The molecule has 2 aromatic rings. The zero-order valence-electron chi connectivity index (χ0n) is 13.1. The first-order valence-corrected chi connectivity index (χ1v) is 8.93. The number of benzene rings is 2. The summed E-state index contributed by atoms with van der Waals surface area (Å²) >= 11 is 6.00. The lowest BCUT2D eigenvalue weighted by Gasteiger charge is -2.16. The second-order valence-corrected chi connectivity index (χ2v) is 7.05. The summed E-state index contributed by atoms with van der Waals surface area (Å²) in [6.45, 7) is 1.51. The number of rotatable bonds is 5. The second-order valence-electron chi connectivity index (χ2n) is 5.08. The van der Waals surface area contributed by atoms with Crippen molar-refractivity contribution in [3.8, 4) is 11.8 Å². The fourth-order valence-corrected chi connectivity index (χ4v) is 2.69. The lowest BCUT2D eigenvalue weighted by atomic mass is 10.2. The molecule has 7 nitrogen and oxygen atoms in total. The monoisotopic (exact) mass is 379 g/mol. The number of nitrogens with two attached hydrogens (primary N) is 1. The van der Waals surface area contributed by atoms with Crippen LogP contribution in [0.1, 0.15) is 12.5 Å². The molecule has 130 valence electrons. The SMILES string of the molecule is C[C@H](Oc1ccc(C#N)cc1Cl)C(=O)Nc1cccc(S(N)(=O)=O)c1. The number of halogens is 1. The van der Waals surface area contributed by atoms with E-state index < -0.39 is 22.0 Å². The van der Waals surface area contributed by atoms with E-state index in [4.69, 9.17) is 26.7 Å². The number of primary sulfonamides is 1. The highest BCUT2D eigenvalue weighted by Crippen LogP contribution is 2.26. The Morgan fingerprint density at radius 2 is 2.04 bits per heavy atom. The molecule has 25 heavy (non-hydrogen) atoms. The smallest absolute Gasteiger partial charge is 0.265 e. The van der Waals surface area contributed by atoms with Gasteiger partial charge in [-0.05, 0) is 43.3 Å². The first-order valence-electron chi connectivity index (χ1n) is 7.01. The molecule has 0 bridgehead atoms. The van der Waals surface area contributed by atoms with E-state index in [9.17, 15) is 13.2 Å². The number of nitrogens with zero attached hydrogens (tertiary/aromatic N) is 1. The number of carbonyl (C=O) groups is 1. The number of nitriles is 1. The average molecular weight is 380 g/mol. The Balaban J connectivity index is 2.10. The Morgan fingerprint density at radius 1 is 1.32 bits per heavy atom. The van der Waals surface area contributed by atoms with Gasteiger partial charge in [-0.25, -0.2) is 13.6 Å². The number of amides is 1. The van der Waals surface area contributed by atoms with Crippen LogP contribution in [0.3, 0.4) is 0 Å². The molecule has 3 N–H and O–H groups in total.